The predicted octanol–water partition coefficient (Wildman–Crippen LogP) is 0.990. The Kier molecular flexibility index (Phi) is 5.12. The van der Waals surface area contributed by atoms with E-state index < -0.39 is 10.0 Å². The molecule has 1 aromatic rings. The van der Waals surface area contributed by atoms with Crippen LogP contribution in [0, 0.1) is 11.8 Å². The molecule has 0 aliphatic carbocycles. The van der Waals surface area contributed by atoms with E-state index in [1.54, 1.807) is 0 Å². The minimum atomic E-state index is -3.49. The molecule has 2 heterocycles. The second-order valence-corrected chi connectivity index (χ2v) is 6.63. The van der Waals surface area contributed by atoms with Gasteiger partial charge >= 0.3 is 0 Å². The van der Waals surface area contributed by atoms with Gasteiger partial charge in [0.15, 0.2) is 0 Å². The van der Waals surface area contributed by atoms with E-state index in [-0.39, 0.29) is 11.5 Å². The fourth-order valence-electron chi connectivity index (χ4n) is 2.20. The lowest BCUT2D eigenvalue weighted by molar-refractivity contribution is 0.350. The van der Waals surface area contributed by atoms with Crippen molar-refractivity contribution in [3.63, 3.8) is 0 Å². The molecule has 0 atom stereocenters. The Morgan fingerprint density at radius 1 is 1.20 bits per heavy atom. The highest BCUT2D eigenvalue weighted by Gasteiger charge is 2.25. The van der Waals surface area contributed by atoms with Crippen LogP contribution >= 0.6 is 0 Å². The summed E-state index contributed by atoms with van der Waals surface area (Å²) in [5, 5.41) is 8.67. The van der Waals surface area contributed by atoms with Gasteiger partial charge in [-0.15, -0.1) is 0 Å². The molecule has 1 aliphatic heterocycles. The Bertz CT molecular complexity index is 609. The molecule has 2 rings (SSSR count). The van der Waals surface area contributed by atoms with Gasteiger partial charge in [0, 0.05) is 31.0 Å². The van der Waals surface area contributed by atoms with Crippen molar-refractivity contribution >= 4 is 10.0 Å². The van der Waals surface area contributed by atoms with E-state index in [1.807, 2.05) is 0 Å². The monoisotopic (exact) mass is 294 g/mol. The Hall–Kier alpha value is -1.42. The van der Waals surface area contributed by atoms with Gasteiger partial charge in [-0.1, -0.05) is 24.7 Å². The number of sulfonamides is 1. The van der Waals surface area contributed by atoms with Gasteiger partial charge in [-0.3, -0.25) is 4.98 Å². The maximum Gasteiger partial charge on any atom is 0.244 e. The molecule has 0 spiro atoms. The Morgan fingerprint density at radius 2 is 1.90 bits per heavy atom. The van der Waals surface area contributed by atoms with Gasteiger partial charge in [-0.05, 0) is 18.9 Å². The highest BCUT2D eigenvalue weighted by atomic mass is 32.2. The van der Waals surface area contributed by atoms with Crippen molar-refractivity contribution in [2.45, 2.75) is 30.6 Å². The van der Waals surface area contributed by atoms with E-state index in [0.29, 0.717) is 18.7 Å². The molecule has 6 heteroatoms. The molecule has 5 nitrogen and oxygen atoms in total. The molecule has 108 valence electrons. The van der Waals surface area contributed by atoms with Crippen LogP contribution < -0.4 is 0 Å². The highest BCUT2D eigenvalue weighted by Crippen LogP contribution is 2.20. The van der Waals surface area contributed by atoms with Crippen LogP contribution in [0.3, 0.4) is 0 Å². The average molecular weight is 294 g/mol. The molecule has 1 saturated heterocycles. The summed E-state index contributed by atoms with van der Waals surface area (Å²) in [4.78, 5) is 4.10. The van der Waals surface area contributed by atoms with Gasteiger partial charge in [-0.2, -0.15) is 4.31 Å². The largest absolute Gasteiger partial charge is 0.384 e. The number of hydrogen-bond donors (Lipinski definition) is 1. The zero-order chi connectivity index (χ0) is 14.4. The number of nitrogens with zero attached hydrogens (tertiary/aromatic N) is 2. The smallest absolute Gasteiger partial charge is 0.244 e. The number of rotatable bonds is 2. The first kappa shape index (κ1) is 15.0. The summed E-state index contributed by atoms with van der Waals surface area (Å²) in [5.41, 5.74) is 0.495. The number of aliphatic hydroxyl groups is 1. The van der Waals surface area contributed by atoms with Crippen LogP contribution in [0.15, 0.2) is 23.4 Å². The van der Waals surface area contributed by atoms with Gasteiger partial charge in [0.1, 0.15) is 11.5 Å². The zero-order valence-electron chi connectivity index (χ0n) is 11.2. The number of pyridine rings is 1. The van der Waals surface area contributed by atoms with Gasteiger partial charge < -0.3 is 5.11 Å². The minimum Gasteiger partial charge on any atom is -0.384 e. The van der Waals surface area contributed by atoms with Crippen LogP contribution in [-0.4, -0.2) is 42.5 Å². The van der Waals surface area contributed by atoms with E-state index >= 15 is 0 Å². The molecular formula is C14H18N2O3S. The van der Waals surface area contributed by atoms with E-state index in [2.05, 4.69) is 16.8 Å². The molecule has 0 saturated carbocycles. The second kappa shape index (κ2) is 6.84. The predicted molar refractivity (Wildman–Crippen MR) is 75.4 cm³/mol. The van der Waals surface area contributed by atoms with Gasteiger partial charge in [0.05, 0.1) is 0 Å². The first-order valence-corrected chi connectivity index (χ1v) is 8.13. The Labute approximate surface area is 119 Å². The molecule has 1 fully saturated rings. The van der Waals surface area contributed by atoms with E-state index in [1.165, 1.54) is 22.8 Å². The molecule has 0 bridgehead atoms. The van der Waals surface area contributed by atoms with Crippen molar-refractivity contribution in [2.75, 3.05) is 19.7 Å². The summed E-state index contributed by atoms with van der Waals surface area (Å²) in [6.07, 6.45) is 6.79. The lowest BCUT2D eigenvalue weighted by Gasteiger charge is -2.19. The summed E-state index contributed by atoms with van der Waals surface area (Å²) in [7, 11) is -3.49. The summed E-state index contributed by atoms with van der Waals surface area (Å²) >= 11 is 0. The molecule has 0 radical (unpaired) electrons. The summed E-state index contributed by atoms with van der Waals surface area (Å²) in [5.74, 6) is 5.17. The van der Waals surface area contributed by atoms with Crippen LogP contribution in [-0.2, 0) is 10.0 Å². The van der Waals surface area contributed by atoms with Crippen molar-refractivity contribution in [2.24, 2.45) is 0 Å². The van der Waals surface area contributed by atoms with E-state index in [4.69, 9.17) is 5.11 Å². The molecule has 1 N–H and O–H groups in total. The molecule has 0 amide bonds. The van der Waals surface area contributed by atoms with Crippen LogP contribution in [0.25, 0.3) is 0 Å². The fourth-order valence-corrected chi connectivity index (χ4v) is 3.71. The lowest BCUT2D eigenvalue weighted by atomic mass is 10.2. The molecule has 20 heavy (non-hydrogen) atoms. The summed E-state index contributed by atoms with van der Waals surface area (Å²) in [6, 6.07) is 1.51. The molecular weight excluding hydrogens is 276 g/mol. The van der Waals surface area contributed by atoms with Crippen molar-refractivity contribution in [3.8, 4) is 11.8 Å². The van der Waals surface area contributed by atoms with Crippen molar-refractivity contribution < 1.29 is 13.5 Å². The van der Waals surface area contributed by atoms with Crippen LogP contribution in [0.5, 0.6) is 0 Å². The maximum absolute atomic E-state index is 12.6. The quantitative estimate of drug-likeness (QED) is 0.826. The topological polar surface area (TPSA) is 70.5 Å². The number of aromatic nitrogens is 1. The molecule has 0 aromatic carbocycles. The Morgan fingerprint density at radius 3 is 2.55 bits per heavy atom. The highest BCUT2D eigenvalue weighted by molar-refractivity contribution is 7.89. The number of hydrogen-bond acceptors (Lipinski definition) is 4. The first-order chi connectivity index (χ1) is 9.64. The first-order valence-electron chi connectivity index (χ1n) is 6.69. The van der Waals surface area contributed by atoms with Crippen LogP contribution in [0.1, 0.15) is 31.2 Å². The van der Waals surface area contributed by atoms with Crippen LogP contribution in [0.4, 0.5) is 0 Å². The number of aliphatic hydroxyl groups excluding tert-OH is 1. The van der Waals surface area contributed by atoms with E-state index in [0.717, 1.165) is 25.7 Å². The lowest BCUT2D eigenvalue weighted by Crippen LogP contribution is -2.32. The van der Waals surface area contributed by atoms with E-state index in [9.17, 15) is 8.42 Å². The minimum absolute atomic E-state index is 0.170. The zero-order valence-corrected chi connectivity index (χ0v) is 12.1. The molecule has 1 aromatic heterocycles. The van der Waals surface area contributed by atoms with Crippen molar-refractivity contribution in [3.05, 3.63) is 24.0 Å². The summed E-state index contributed by atoms with van der Waals surface area (Å²) in [6.45, 7) is 0.868. The second-order valence-electron chi connectivity index (χ2n) is 4.69. The van der Waals surface area contributed by atoms with Crippen molar-refractivity contribution in [1.82, 2.24) is 9.29 Å². The molecule has 0 unspecified atom stereocenters. The third-order valence-electron chi connectivity index (χ3n) is 3.23. The summed E-state index contributed by atoms with van der Waals surface area (Å²) < 4.78 is 26.6. The van der Waals surface area contributed by atoms with Gasteiger partial charge in [-0.25, -0.2) is 8.42 Å². The van der Waals surface area contributed by atoms with Gasteiger partial charge in [0.25, 0.3) is 0 Å². The standard InChI is InChI=1S/C14H18N2O3S/c17-9-5-6-13-10-14(12-15-11-13)20(18,19)16-7-3-1-2-4-8-16/h10-12,17H,1-4,7-9H2. The maximum atomic E-state index is 12.6. The fraction of sp³-hybridized carbons (Fsp3) is 0.500. The third-order valence-corrected chi connectivity index (χ3v) is 5.09. The Balaban J connectivity index is 2.28. The van der Waals surface area contributed by atoms with Gasteiger partial charge in [0.2, 0.25) is 10.0 Å². The average Bonchev–Trinajstić information content (AvgIpc) is 2.75. The third kappa shape index (κ3) is 3.57. The van der Waals surface area contributed by atoms with Crippen molar-refractivity contribution in [1.29, 1.82) is 0 Å². The SMILES string of the molecule is O=S(=O)(c1cncc(C#CCO)c1)N1CCCCCC1. The van der Waals surface area contributed by atoms with Crippen LogP contribution in [0.2, 0.25) is 0 Å². The normalized spacial score (nSPS) is 17.1. The molecule has 1 aliphatic rings.